The summed E-state index contributed by atoms with van der Waals surface area (Å²) >= 11 is 7.40. The van der Waals surface area contributed by atoms with Crippen molar-refractivity contribution in [2.75, 3.05) is 13.0 Å². The second-order valence-electron chi connectivity index (χ2n) is 10.2. The maximum absolute atomic E-state index is 11.9. The minimum atomic E-state index is -1.08. The van der Waals surface area contributed by atoms with Crippen LogP contribution in [0.5, 0.6) is 5.88 Å². The Labute approximate surface area is 242 Å². The van der Waals surface area contributed by atoms with Gasteiger partial charge in [-0.2, -0.15) is 0 Å². The van der Waals surface area contributed by atoms with Crippen molar-refractivity contribution < 1.29 is 19.7 Å². The first kappa shape index (κ1) is 31.3. The monoisotopic (exact) mass is 571 g/mol. The largest absolute Gasteiger partial charge is 0.480 e. The maximum Gasteiger partial charge on any atom is 0.341 e. The normalized spacial score (nSPS) is 12.9. The minimum absolute atomic E-state index is 0.0283. The van der Waals surface area contributed by atoms with Crippen LogP contribution in [0.1, 0.15) is 92.6 Å². The highest BCUT2D eigenvalue weighted by Gasteiger charge is 2.29. The third-order valence-electron chi connectivity index (χ3n) is 7.07. The average molecular weight is 572 g/mol. The Bertz CT molecular complexity index is 1200. The molecule has 0 spiro atoms. The van der Waals surface area contributed by atoms with E-state index in [2.05, 4.69) is 36.2 Å². The zero-order chi connectivity index (χ0) is 28.1. The van der Waals surface area contributed by atoms with Crippen LogP contribution in [0.4, 0.5) is 0 Å². The molecule has 1 heterocycles. The predicted octanol–water partition coefficient (Wildman–Crippen LogP) is 8.67. The Morgan fingerprint density at radius 3 is 2.38 bits per heavy atom. The van der Waals surface area contributed by atoms with Crippen LogP contribution in [0.15, 0.2) is 53.4 Å². The molecular formula is C32H42ClNO4S. The summed E-state index contributed by atoms with van der Waals surface area (Å²) in [5.41, 5.74) is 3.16. The van der Waals surface area contributed by atoms with Gasteiger partial charge in [-0.3, -0.25) is 0 Å². The van der Waals surface area contributed by atoms with Gasteiger partial charge in [-0.15, -0.1) is 11.6 Å². The number of aliphatic hydroxyl groups is 1. The Kier molecular flexibility index (Phi) is 12.9. The van der Waals surface area contributed by atoms with Crippen molar-refractivity contribution in [3.63, 3.8) is 0 Å². The number of rotatable bonds is 18. The summed E-state index contributed by atoms with van der Waals surface area (Å²) in [5.74, 6) is -0.432. The Balaban J connectivity index is 1.77. The molecule has 0 amide bonds. The lowest BCUT2D eigenvalue weighted by Gasteiger charge is -2.29. The number of aryl methyl sites for hydroxylation is 1. The van der Waals surface area contributed by atoms with Crippen LogP contribution in [0.3, 0.4) is 0 Å². The number of hydrogen-bond donors (Lipinski definition) is 2. The van der Waals surface area contributed by atoms with Crippen LogP contribution in [0.25, 0.3) is 10.9 Å². The van der Waals surface area contributed by atoms with Crippen LogP contribution in [-0.4, -0.2) is 39.1 Å². The van der Waals surface area contributed by atoms with E-state index < -0.39 is 10.9 Å². The van der Waals surface area contributed by atoms with E-state index in [1.54, 1.807) is 6.07 Å². The molecule has 0 saturated carbocycles. The third kappa shape index (κ3) is 9.70. The summed E-state index contributed by atoms with van der Waals surface area (Å²) in [7, 11) is 1.42. The second-order valence-corrected chi connectivity index (χ2v) is 12.0. The molecule has 0 saturated heterocycles. The number of pyridine rings is 1. The van der Waals surface area contributed by atoms with Crippen molar-refractivity contribution in [1.29, 1.82) is 0 Å². The van der Waals surface area contributed by atoms with E-state index in [4.69, 9.17) is 16.3 Å². The zero-order valence-electron chi connectivity index (χ0n) is 23.3. The fourth-order valence-electron chi connectivity index (χ4n) is 4.94. The van der Waals surface area contributed by atoms with E-state index in [-0.39, 0.29) is 11.4 Å². The molecule has 5 nitrogen and oxygen atoms in total. The van der Waals surface area contributed by atoms with Gasteiger partial charge in [-0.1, -0.05) is 87.5 Å². The lowest BCUT2D eigenvalue weighted by atomic mass is 9.95. The molecule has 0 aliphatic heterocycles. The van der Waals surface area contributed by atoms with Gasteiger partial charge in [0.15, 0.2) is 0 Å². The molecule has 0 unspecified atom stereocenters. The number of halogens is 1. The number of benzene rings is 2. The summed E-state index contributed by atoms with van der Waals surface area (Å²) in [4.78, 5) is 15.9. The number of aromatic carboxylic acids is 1. The molecule has 2 aromatic carbocycles. The first-order valence-corrected chi connectivity index (χ1v) is 15.5. The smallest absolute Gasteiger partial charge is 0.341 e. The van der Waals surface area contributed by atoms with Gasteiger partial charge in [0.05, 0.1) is 12.6 Å². The van der Waals surface area contributed by atoms with Crippen molar-refractivity contribution in [3.8, 4) is 5.88 Å². The molecular weight excluding hydrogens is 530 g/mol. The topological polar surface area (TPSA) is 79.7 Å². The van der Waals surface area contributed by atoms with Crippen LogP contribution < -0.4 is 4.74 Å². The number of carbonyl (C=O) groups is 1. The molecule has 0 aliphatic carbocycles. The molecule has 1 atom stereocenters. The highest BCUT2D eigenvalue weighted by Crippen LogP contribution is 2.39. The van der Waals surface area contributed by atoms with Crippen molar-refractivity contribution in [2.45, 2.75) is 93.8 Å². The lowest BCUT2D eigenvalue weighted by Crippen LogP contribution is -2.28. The number of alkyl halides is 1. The number of nitrogens with zero attached hydrogens (tertiary/aromatic N) is 1. The summed E-state index contributed by atoms with van der Waals surface area (Å²) in [6.45, 7) is 2.25. The van der Waals surface area contributed by atoms with Crippen molar-refractivity contribution >= 4 is 40.2 Å². The standard InChI is InChI=1S/C32H42ClNO4S/c1-3-4-5-6-7-8-9-14-24-15-10-11-16-26(24)23-32(37,19-12-13-20-33)39-27-18-17-25-21-28(31(35)36)30(38-2)34-29(25)22-27/h10-11,15-18,21-22,37H,3-9,12-14,19-20,23H2,1-2H3,(H,35,36)/t32-/m0/s1. The highest BCUT2D eigenvalue weighted by molar-refractivity contribution is 8.00. The molecule has 0 fully saturated rings. The summed E-state index contributed by atoms with van der Waals surface area (Å²) in [5, 5.41) is 22.1. The summed E-state index contributed by atoms with van der Waals surface area (Å²) < 4.78 is 5.22. The Morgan fingerprint density at radius 2 is 1.69 bits per heavy atom. The lowest BCUT2D eigenvalue weighted by molar-refractivity contribution is 0.0692. The van der Waals surface area contributed by atoms with E-state index in [0.29, 0.717) is 29.6 Å². The molecule has 7 heteroatoms. The maximum atomic E-state index is 11.9. The third-order valence-corrected chi connectivity index (χ3v) is 8.56. The summed E-state index contributed by atoms with van der Waals surface area (Å²) in [6, 6.07) is 15.7. The number of aromatic nitrogens is 1. The zero-order valence-corrected chi connectivity index (χ0v) is 24.8. The predicted molar refractivity (Wildman–Crippen MR) is 162 cm³/mol. The average Bonchev–Trinajstić information content (AvgIpc) is 2.92. The quantitative estimate of drug-likeness (QED) is 0.0688. The fraction of sp³-hybridized carbons (Fsp3) is 0.500. The minimum Gasteiger partial charge on any atom is -0.480 e. The van der Waals surface area contributed by atoms with Gasteiger partial charge < -0.3 is 14.9 Å². The molecule has 3 rings (SSSR count). The molecule has 0 bridgehead atoms. The van der Waals surface area contributed by atoms with Gasteiger partial charge >= 0.3 is 5.97 Å². The number of hydrogen-bond acceptors (Lipinski definition) is 5. The SMILES string of the molecule is CCCCCCCCCc1ccccc1C[C@](O)(CCCCCl)Sc1ccc2cc(C(=O)O)c(OC)nc2c1. The van der Waals surface area contributed by atoms with Crippen LogP contribution >= 0.6 is 23.4 Å². The van der Waals surface area contributed by atoms with Crippen LogP contribution in [0, 0.1) is 0 Å². The fourth-order valence-corrected chi connectivity index (χ4v) is 6.34. The molecule has 3 aromatic rings. The van der Waals surface area contributed by atoms with E-state index in [0.717, 1.165) is 30.6 Å². The molecule has 212 valence electrons. The van der Waals surface area contributed by atoms with E-state index in [9.17, 15) is 15.0 Å². The van der Waals surface area contributed by atoms with Crippen molar-refractivity contribution in [2.24, 2.45) is 0 Å². The Morgan fingerprint density at radius 1 is 0.974 bits per heavy atom. The number of carboxylic acid groups (broad SMARTS) is 1. The molecule has 0 radical (unpaired) electrons. The van der Waals surface area contributed by atoms with Crippen LogP contribution in [0.2, 0.25) is 0 Å². The number of carboxylic acids is 1. The van der Waals surface area contributed by atoms with Crippen LogP contribution in [-0.2, 0) is 12.8 Å². The van der Waals surface area contributed by atoms with Crippen molar-refractivity contribution in [3.05, 3.63) is 65.2 Å². The van der Waals surface area contributed by atoms with Gasteiger partial charge in [-0.05, 0) is 61.4 Å². The molecule has 1 aromatic heterocycles. The van der Waals surface area contributed by atoms with Gasteiger partial charge in [-0.25, -0.2) is 9.78 Å². The van der Waals surface area contributed by atoms with Gasteiger partial charge in [0, 0.05) is 22.6 Å². The molecule has 0 aliphatic rings. The molecule has 39 heavy (non-hydrogen) atoms. The highest BCUT2D eigenvalue weighted by atomic mass is 35.5. The number of unbranched alkanes of at least 4 members (excludes halogenated alkanes) is 7. The van der Waals surface area contributed by atoms with E-state index >= 15 is 0 Å². The first-order chi connectivity index (χ1) is 18.9. The van der Waals surface area contributed by atoms with Gasteiger partial charge in [0.1, 0.15) is 10.5 Å². The number of ether oxygens (including phenoxy) is 1. The molecule has 2 N–H and O–H groups in total. The van der Waals surface area contributed by atoms with Crippen molar-refractivity contribution in [1.82, 2.24) is 4.98 Å². The summed E-state index contributed by atoms with van der Waals surface area (Å²) in [6.07, 6.45) is 12.8. The Hall–Kier alpha value is -2.28. The number of thioether (sulfide) groups is 1. The number of fused-ring (bicyclic) bond motifs is 1. The van der Waals surface area contributed by atoms with Gasteiger partial charge in [0.25, 0.3) is 0 Å². The number of methoxy groups -OCH3 is 1. The van der Waals surface area contributed by atoms with E-state index in [1.165, 1.54) is 68.5 Å². The first-order valence-electron chi connectivity index (χ1n) is 14.2. The second kappa shape index (κ2) is 16.1. The van der Waals surface area contributed by atoms with E-state index in [1.807, 2.05) is 18.2 Å². The van der Waals surface area contributed by atoms with Gasteiger partial charge in [0.2, 0.25) is 5.88 Å².